The number of aromatic amines is 1. The van der Waals surface area contributed by atoms with Crippen molar-refractivity contribution in [3.05, 3.63) is 46.0 Å². The molecule has 0 spiro atoms. The number of rotatable bonds is 3. The molecule has 25 heavy (non-hydrogen) atoms. The van der Waals surface area contributed by atoms with E-state index in [0.29, 0.717) is 35.6 Å². The van der Waals surface area contributed by atoms with Crippen LogP contribution in [-0.2, 0) is 17.6 Å². The van der Waals surface area contributed by atoms with Gasteiger partial charge in [0.2, 0.25) is 5.91 Å². The van der Waals surface area contributed by atoms with Gasteiger partial charge in [-0.3, -0.25) is 19.9 Å². The first kappa shape index (κ1) is 17.4. The van der Waals surface area contributed by atoms with Crippen molar-refractivity contribution in [1.82, 2.24) is 15.3 Å². The summed E-state index contributed by atoms with van der Waals surface area (Å²) < 4.78 is 13.2. The minimum atomic E-state index is -0.635. The molecule has 1 aromatic heterocycles. The van der Waals surface area contributed by atoms with Crippen LogP contribution < -0.4 is 5.32 Å². The van der Waals surface area contributed by atoms with Crippen LogP contribution >= 0.6 is 11.6 Å². The van der Waals surface area contributed by atoms with E-state index in [1.807, 2.05) is 0 Å². The number of nitrogens with one attached hydrogen (secondary N) is 2. The fraction of sp³-hybridized carbons (Fsp3) is 0.312. The average molecular weight is 367 g/mol. The maximum absolute atomic E-state index is 13.2. The third-order valence-electron chi connectivity index (χ3n) is 4.20. The molecule has 9 heteroatoms. The Kier molecular flexibility index (Phi) is 4.73. The molecule has 0 aliphatic heterocycles. The lowest BCUT2D eigenvalue weighted by Crippen LogP contribution is -2.30. The molecular formula is C16H16ClFN4O3. The van der Waals surface area contributed by atoms with E-state index in [1.165, 1.54) is 25.2 Å². The zero-order chi connectivity index (χ0) is 18.1. The summed E-state index contributed by atoms with van der Waals surface area (Å²) in [7, 11) is 1.22. The monoisotopic (exact) mass is 366 g/mol. The van der Waals surface area contributed by atoms with Crippen LogP contribution in [0.4, 0.5) is 10.1 Å². The average Bonchev–Trinajstić information content (AvgIpc) is 3.00. The lowest BCUT2D eigenvalue weighted by atomic mass is 9.85. The van der Waals surface area contributed by atoms with Gasteiger partial charge in [0.1, 0.15) is 5.82 Å². The van der Waals surface area contributed by atoms with Gasteiger partial charge in [-0.25, -0.2) is 9.45 Å². The number of hydrogen-bond acceptors (Lipinski definition) is 4. The molecule has 2 amide bonds. The quantitative estimate of drug-likeness (QED) is 0.574. The van der Waals surface area contributed by atoms with Crippen LogP contribution in [0.15, 0.2) is 18.2 Å². The molecule has 3 rings (SSSR count). The smallest absolute Gasteiger partial charge is 0.297 e. The topological polar surface area (TPSA) is 98.3 Å². The Hall–Kier alpha value is -2.45. The summed E-state index contributed by atoms with van der Waals surface area (Å²) in [5, 5.41) is 19.2. The second kappa shape index (κ2) is 6.81. The summed E-state index contributed by atoms with van der Waals surface area (Å²) in [6, 6.07) is 3.96. The van der Waals surface area contributed by atoms with Crippen LogP contribution in [0.5, 0.6) is 0 Å². The minimum Gasteiger partial charge on any atom is -0.326 e. The molecule has 1 atom stereocenters. The molecule has 0 saturated heterocycles. The Bertz CT molecular complexity index is 837. The van der Waals surface area contributed by atoms with Crippen molar-refractivity contribution in [2.45, 2.75) is 19.3 Å². The number of hydrogen-bond donors (Lipinski definition) is 3. The summed E-state index contributed by atoms with van der Waals surface area (Å²) >= 11 is 5.72. The van der Waals surface area contributed by atoms with Crippen LogP contribution in [0, 0.1) is 11.7 Å². The normalized spacial score (nSPS) is 16.2. The Balaban J connectivity index is 1.75. The van der Waals surface area contributed by atoms with Crippen molar-refractivity contribution in [2.75, 3.05) is 12.4 Å². The maximum atomic E-state index is 13.2. The number of nitrogens with zero attached hydrogens (tertiary/aromatic N) is 2. The molecule has 0 radical (unpaired) electrons. The van der Waals surface area contributed by atoms with Crippen LogP contribution in [-0.4, -0.2) is 39.3 Å². The van der Waals surface area contributed by atoms with Crippen molar-refractivity contribution in [3.63, 3.8) is 0 Å². The van der Waals surface area contributed by atoms with Crippen LogP contribution in [0.2, 0.25) is 5.02 Å². The number of hydroxylamine groups is 2. The summed E-state index contributed by atoms with van der Waals surface area (Å²) in [6.07, 6.45) is 1.47. The van der Waals surface area contributed by atoms with Gasteiger partial charge < -0.3 is 5.32 Å². The van der Waals surface area contributed by atoms with E-state index in [9.17, 15) is 19.2 Å². The summed E-state index contributed by atoms with van der Waals surface area (Å²) in [5.74, 6) is -1.81. The molecule has 0 fully saturated rings. The minimum absolute atomic E-state index is 0.0718. The van der Waals surface area contributed by atoms with Gasteiger partial charge in [0.15, 0.2) is 5.69 Å². The van der Waals surface area contributed by atoms with Gasteiger partial charge in [0.25, 0.3) is 5.91 Å². The van der Waals surface area contributed by atoms with Crippen molar-refractivity contribution in [1.29, 1.82) is 0 Å². The first-order chi connectivity index (χ1) is 11.9. The lowest BCUT2D eigenvalue weighted by Gasteiger charge is -2.22. The summed E-state index contributed by atoms with van der Waals surface area (Å²) in [4.78, 5) is 24.4. The third-order valence-corrected chi connectivity index (χ3v) is 4.49. The van der Waals surface area contributed by atoms with Crippen molar-refractivity contribution in [3.8, 4) is 0 Å². The highest BCUT2D eigenvalue weighted by Crippen LogP contribution is 2.28. The Morgan fingerprint density at radius 2 is 2.24 bits per heavy atom. The maximum Gasteiger partial charge on any atom is 0.297 e. The third kappa shape index (κ3) is 3.49. The summed E-state index contributed by atoms with van der Waals surface area (Å²) in [6.45, 7) is 0. The molecule has 2 aromatic rings. The van der Waals surface area contributed by atoms with Crippen LogP contribution in [0.3, 0.4) is 0 Å². The van der Waals surface area contributed by atoms with E-state index in [1.54, 1.807) is 0 Å². The molecule has 0 saturated carbocycles. The van der Waals surface area contributed by atoms with Gasteiger partial charge >= 0.3 is 0 Å². The van der Waals surface area contributed by atoms with E-state index in [-0.39, 0.29) is 22.5 Å². The van der Waals surface area contributed by atoms with Gasteiger partial charge in [0, 0.05) is 29.9 Å². The molecule has 1 aromatic carbocycles. The second-order valence-electron chi connectivity index (χ2n) is 5.92. The fourth-order valence-corrected chi connectivity index (χ4v) is 3.05. The number of H-pyrrole nitrogens is 1. The van der Waals surface area contributed by atoms with E-state index in [4.69, 9.17) is 11.6 Å². The predicted molar refractivity (Wildman–Crippen MR) is 88.0 cm³/mol. The number of aryl methyl sites for hydroxylation is 1. The van der Waals surface area contributed by atoms with Crippen LogP contribution in [0.1, 0.15) is 28.2 Å². The first-order valence-corrected chi connectivity index (χ1v) is 8.03. The Labute approximate surface area is 147 Å². The summed E-state index contributed by atoms with van der Waals surface area (Å²) in [5.41, 5.74) is 1.94. The molecule has 1 aliphatic carbocycles. The van der Waals surface area contributed by atoms with Gasteiger partial charge in [-0.05, 0) is 37.5 Å². The largest absolute Gasteiger partial charge is 0.326 e. The molecule has 1 heterocycles. The molecule has 3 N–H and O–H groups in total. The molecule has 0 bridgehead atoms. The molecular weight excluding hydrogens is 351 g/mol. The second-order valence-corrected chi connectivity index (χ2v) is 6.32. The number of carbonyl (C=O) groups is 2. The molecule has 7 nitrogen and oxygen atoms in total. The molecule has 1 unspecified atom stereocenters. The van der Waals surface area contributed by atoms with Crippen molar-refractivity contribution < 1.29 is 19.2 Å². The highest BCUT2D eigenvalue weighted by atomic mass is 35.5. The number of benzene rings is 1. The molecule has 1 aliphatic rings. The first-order valence-electron chi connectivity index (χ1n) is 7.65. The fourth-order valence-electron chi connectivity index (χ4n) is 2.87. The lowest BCUT2D eigenvalue weighted by molar-refractivity contribution is -0.120. The van der Waals surface area contributed by atoms with Gasteiger partial charge in [-0.1, -0.05) is 11.6 Å². The number of aromatic nitrogens is 2. The number of anilines is 1. The van der Waals surface area contributed by atoms with E-state index >= 15 is 0 Å². The van der Waals surface area contributed by atoms with Gasteiger partial charge in [-0.2, -0.15) is 5.10 Å². The van der Waals surface area contributed by atoms with Crippen LogP contribution in [0.25, 0.3) is 0 Å². The van der Waals surface area contributed by atoms with Gasteiger partial charge in [0.05, 0.1) is 5.02 Å². The standard InChI is InChI=1S/C16H16ClFN4O3/c1-22(25)16(24)14-10-6-8(2-5-13(10)20-21-14)15(23)19-9-3-4-12(18)11(17)7-9/h3-4,7-8,25H,2,5-6H2,1H3,(H,19,23)(H,20,21). The molecule has 132 valence electrons. The van der Waals surface area contributed by atoms with Crippen molar-refractivity contribution >= 4 is 29.1 Å². The van der Waals surface area contributed by atoms with E-state index < -0.39 is 11.7 Å². The SMILES string of the molecule is CN(O)C(=O)c1n[nH]c2c1CC(C(=O)Nc1ccc(F)c(Cl)c1)CC2. The predicted octanol–water partition coefficient (Wildman–Crippen LogP) is 2.41. The zero-order valence-electron chi connectivity index (χ0n) is 13.3. The highest BCUT2D eigenvalue weighted by molar-refractivity contribution is 6.31. The highest BCUT2D eigenvalue weighted by Gasteiger charge is 2.31. The zero-order valence-corrected chi connectivity index (χ0v) is 14.1. The Morgan fingerprint density at radius 3 is 2.92 bits per heavy atom. The number of amides is 2. The van der Waals surface area contributed by atoms with E-state index in [0.717, 1.165) is 5.69 Å². The number of carbonyl (C=O) groups excluding carboxylic acids is 2. The number of halogens is 2. The van der Waals surface area contributed by atoms with Crippen molar-refractivity contribution in [2.24, 2.45) is 5.92 Å². The Morgan fingerprint density at radius 1 is 1.48 bits per heavy atom. The van der Waals surface area contributed by atoms with E-state index in [2.05, 4.69) is 15.5 Å². The van der Waals surface area contributed by atoms with Gasteiger partial charge in [-0.15, -0.1) is 0 Å². The number of fused-ring (bicyclic) bond motifs is 1.